The Labute approximate surface area is 210 Å². The monoisotopic (exact) mass is 485 g/mol. The van der Waals surface area contributed by atoms with Gasteiger partial charge in [0.25, 0.3) is 5.91 Å². The molecule has 0 saturated carbocycles. The summed E-state index contributed by atoms with van der Waals surface area (Å²) in [5.41, 5.74) is 5.14. The molecule has 2 aromatic carbocycles. The summed E-state index contributed by atoms with van der Waals surface area (Å²) in [5.74, 6) is 1.44. The van der Waals surface area contributed by atoms with Crippen LogP contribution in [0, 0.1) is 13.8 Å². The maximum Gasteiger partial charge on any atom is 0.273 e. The van der Waals surface area contributed by atoms with Crippen LogP contribution in [0.2, 0.25) is 0 Å². The van der Waals surface area contributed by atoms with Crippen molar-refractivity contribution >= 4 is 5.91 Å². The maximum atomic E-state index is 13.6. The number of furan rings is 1. The third-order valence-corrected chi connectivity index (χ3v) is 6.66. The van der Waals surface area contributed by atoms with Crippen LogP contribution in [0.25, 0.3) is 11.3 Å². The van der Waals surface area contributed by atoms with E-state index in [9.17, 15) is 9.90 Å². The Morgan fingerprint density at radius 1 is 1.14 bits per heavy atom. The summed E-state index contributed by atoms with van der Waals surface area (Å²) in [5, 5.41) is 18.4. The molecule has 1 amide bonds. The fourth-order valence-electron chi connectivity index (χ4n) is 5.04. The Bertz CT molecular complexity index is 1350. The van der Waals surface area contributed by atoms with E-state index in [4.69, 9.17) is 9.15 Å². The molecule has 186 valence electrons. The van der Waals surface area contributed by atoms with E-state index in [-0.39, 0.29) is 11.7 Å². The lowest BCUT2D eigenvalue weighted by Crippen LogP contribution is -2.29. The number of hydrogen-bond acceptors (Lipinski definition) is 5. The number of benzene rings is 2. The van der Waals surface area contributed by atoms with Gasteiger partial charge in [0.2, 0.25) is 0 Å². The molecule has 2 N–H and O–H groups in total. The van der Waals surface area contributed by atoms with Crippen LogP contribution in [0.4, 0.5) is 0 Å². The average Bonchev–Trinajstić information content (AvgIpc) is 3.57. The Morgan fingerprint density at radius 3 is 2.75 bits per heavy atom. The molecule has 36 heavy (non-hydrogen) atoms. The van der Waals surface area contributed by atoms with Crippen molar-refractivity contribution in [2.45, 2.75) is 52.6 Å². The second kappa shape index (κ2) is 9.93. The highest BCUT2D eigenvalue weighted by atomic mass is 16.5. The third-order valence-electron chi connectivity index (χ3n) is 6.66. The van der Waals surface area contributed by atoms with Gasteiger partial charge in [-0.1, -0.05) is 38.0 Å². The van der Waals surface area contributed by atoms with Gasteiger partial charge in [-0.05, 0) is 67.3 Å². The van der Waals surface area contributed by atoms with E-state index in [1.54, 1.807) is 17.2 Å². The largest absolute Gasteiger partial charge is 0.507 e. The number of aryl methyl sites for hydroxylation is 2. The number of phenols is 1. The fraction of sp³-hybridized carbons (Fsp3) is 0.310. The highest BCUT2D eigenvalue weighted by Crippen LogP contribution is 2.46. The molecule has 1 unspecified atom stereocenters. The first kappa shape index (κ1) is 23.7. The highest BCUT2D eigenvalue weighted by molar-refractivity contribution is 6.00. The first-order chi connectivity index (χ1) is 17.5. The lowest BCUT2D eigenvalue weighted by Gasteiger charge is -2.26. The molecule has 0 saturated heterocycles. The van der Waals surface area contributed by atoms with Crippen LogP contribution in [0.1, 0.15) is 70.7 Å². The number of H-pyrrole nitrogens is 1. The van der Waals surface area contributed by atoms with E-state index >= 15 is 0 Å². The standard InChI is InChI=1S/C29H31N3O4/c1-4-5-6-12-35-21-10-7-9-20(16-21)28-25-26(24-19(3)14-18(2)15-23(24)33)30-31-27(25)29(34)32(28)17-22-11-8-13-36-22/h7-11,13-16,28,33H,4-6,12,17H2,1-3H3,(H,30,31). The van der Waals surface area contributed by atoms with Gasteiger partial charge in [-0.15, -0.1) is 0 Å². The number of ether oxygens (including phenoxy) is 1. The zero-order valence-electron chi connectivity index (χ0n) is 20.9. The molecule has 1 aliphatic heterocycles. The van der Waals surface area contributed by atoms with Crippen LogP contribution in [0.3, 0.4) is 0 Å². The molecule has 0 fully saturated rings. The molecular weight excluding hydrogens is 454 g/mol. The zero-order valence-corrected chi connectivity index (χ0v) is 20.9. The van der Waals surface area contributed by atoms with Gasteiger partial charge in [0.15, 0.2) is 0 Å². The minimum atomic E-state index is -0.425. The molecule has 7 nitrogen and oxygen atoms in total. The van der Waals surface area contributed by atoms with E-state index in [0.717, 1.165) is 47.3 Å². The first-order valence-electron chi connectivity index (χ1n) is 12.4. The third kappa shape index (κ3) is 4.37. The Kier molecular flexibility index (Phi) is 6.55. The predicted molar refractivity (Wildman–Crippen MR) is 137 cm³/mol. The molecule has 0 spiro atoms. The maximum absolute atomic E-state index is 13.6. The number of nitrogens with zero attached hydrogens (tertiary/aromatic N) is 2. The quantitative estimate of drug-likeness (QED) is 0.271. The van der Waals surface area contributed by atoms with Crippen molar-refractivity contribution in [2.75, 3.05) is 6.61 Å². The smallest absolute Gasteiger partial charge is 0.273 e. The summed E-state index contributed by atoms with van der Waals surface area (Å²) in [6.45, 7) is 7.00. The summed E-state index contributed by atoms with van der Waals surface area (Å²) in [4.78, 5) is 15.4. The number of fused-ring (bicyclic) bond motifs is 1. The summed E-state index contributed by atoms with van der Waals surface area (Å²) in [6, 6.07) is 14.9. The molecule has 2 aromatic heterocycles. The number of hydrogen-bond donors (Lipinski definition) is 2. The fourth-order valence-corrected chi connectivity index (χ4v) is 5.04. The second-order valence-electron chi connectivity index (χ2n) is 9.38. The van der Waals surface area contributed by atoms with Crippen molar-refractivity contribution in [3.05, 3.63) is 88.5 Å². The lowest BCUT2D eigenvalue weighted by atomic mass is 9.93. The number of unbranched alkanes of at least 4 members (excludes halogenated alkanes) is 2. The van der Waals surface area contributed by atoms with Gasteiger partial charge in [0.1, 0.15) is 28.6 Å². The Morgan fingerprint density at radius 2 is 2.00 bits per heavy atom. The molecule has 3 heterocycles. The molecule has 7 heteroatoms. The number of aromatic hydroxyl groups is 1. The van der Waals surface area contributed by atoms with Gasteiger partial charge in [-0.3, -0.25) is 9.89 Å². The van der Waals surface area contributed by atoms with Crippen molar-refractivity contribution in [1.82, 2.24) is 15.1 Å². The van der Waals surface area contributed by atoms with Gasteiger partial charge < -0.3 is 19.2 Å². The molecular formula is C29H31N3O4. The van der Waals surface area contributed by atoms with E-state index in [2.05, 4.69) is 17.1 Å². The summed E-state index contributed by atoms with van der Waals surface area (Å²) < 4.78 is 11.6. The van der Waals surface area contributed by atoms with Crippen LogP contribution < -0.4 is 4.74 Å². The van der Waals surface area contributed by atoms with Crippen LogP contribution in [-0.2, 0) is 6.54 Å². The van der Waals surface area contributed by atoms with Crippen LogP contribution in [0.5, 0.6) is 11.5 Å². The normalized spacial score (nSPS) is 14.9. The topological polar surface area (TPSA) is 91.6 Å². The first-order valence-corrected chi connectivity index (χ1v) is 12.4. The van der Waals surface area contributed by atoms with E-state index in [1.807, 2.05) is 56.3 Å². The molecule has 5 rings (SSSR count). The number of nitrogens with one attached hydrogen (secondary N) is 1. The van der Waals surface area contributed by atoms with Crippen LogP contribution in [0.15, 0.2) is 59.2 Å². The van der Waals surface area contributed by atoms with Gasteiger partial charge in [-0.25, -0.2) is 0 Å². The minimum Gasteiger partial charge on any atom is -0.507 e. The van der Waals surface area contributed by atoms with E-state index in [1.165, 1.54) is 0 Å². The van der Waals surface area contributed by atoms with Gasteiger partial charge in [0, 0.05) is 11.1 Å². The Hall–Kier alpha value is -4.00. The molecule has 0 radical (unpaired) electrons. The molecule has 1 atom stereocenters. The summed E-state index contributed by atoms with van der Waals surface area (Å²) >= 11 is 0. The second-order valence-corrected chi connectivity index (χ2v) is 9.38. The number of aromatic amines is 1. The van der Waals surface area contributed by atoms with Crippen molar-refractivity contribution in [1.29, 1.82) is 0 Å². The van der Waals surface area contributed by atoms with Gasteiger partial charge in [0.05, 0.1) is 25.5 Å². The number of amides is 1. The van der Waals surface area contributed by atoms with Gasteiger partial charge >= 0.3 is 0 Å². The minimum absolute atomic E-state index is 0.144. The molecule has 4 aromatic rings. The van der Waals surface area contributed by atoms with Gasteiger partial charge in [-0.2, -0.15) is 5.10 Å². The van der Waals surface area contributed by atoms with Crippen molar-refractivity contribution in [3.63, 3.8) is 0 Å². The zero-order chi connectivity index (χ0) is 25.2. The number of rotatable bonds is 9. The number of carbonyl (C=O) groups excluding carboxylic acids is 1. The SMILES string of the molecule is CCCCCOc1cccc(C2c3c(-c4c(C)cc(C)cc4O)n[nH]c3C(=O)N2Cc2ccco2)c1. The predicted octanol–water partition coefficient (Wildman–Crippen LogP) is 6.31. The van der Waals surface area contributed by atoms with Crippen molar-refractivity contribution < 1.29 is 19.1 Å². The Balaban J connectivity index is 1.60. The molecule has 1 aliphatic rings. The number of aromatic nitrogens is 2. The molecule has 0 aliphatic carbocycles. The highest BCUT2D eigenvalue weighted by Gasteiger charge is 2.43. The lowest BCUT2D eigenvalue weighted by molar-refractivity contribution is 0.0716. The van der Waals surface area contributed by atoms with Crippen LogP contribution in [-0.4, -0.2) is 32.7 Å². The number of phenolic OH excluding ortho intramolecular Hbond substituents is 1. The van der Waals surface area contributed by atoms with Crippen molar-refractivity contribution in [3.8, 4) is 22.8 Å². The average molecular weight is 486 g/mol. The van der Waals surface area contributed by atoms with E-state index < -0.39 is 6.04 Å². The van der Waals surface area contributed by atoms with E-state index in [0.29, 0.717) is 35.9 Å². The van der Waals surface area contributed by atoms with Crippen molar-refractivity contribution in [2.24, 2.45) is 0 Å². The summed E-state index contributed by atoms with van der Waals surface area (Å²) in [6.07, 6.45) is 4.85. The number of carbonyl (C=O) groups is 1. The van der Waals surface area contributed by atoms with Crippen LogP contribution >= 0.6 is 0 Å². The summed E-state index contributed by atoms with van der Waals surface area (Å²) in [7, 11) is 0. The molecule has 0 bridgehead atoms.